The van der Waals surface area contributed by atoms with Crippen LogP contribution in [0.1, 0.15) is 22.5 Å². The Morgan fingerprint density at radius 2 is 1.95 bits per heavy atom. The highest BCUT2D eigenvalue weighted by molar-refractivity contribution is 5.96. The van der Waals surface area contributed by atoms with Crippen LogP contribution in [-0.4, -0.2) is 29.3 Å². The molecule has 0 spiro atoms. The summed E-state index contributed by atoms with van der Waals surface area (Å²) in [5, 5.41) is 0. The molecule has 104 valence electrons. The summed E-state index contributed by atoms with van der Waals surface area (Å²) in [6.45, 7) is 1.35. The van der Waals surface area contributed by atoms with E-state index in [4.69, 9.17) is 0 Å². The minimum absolute atomic E-state index is 0.0258. The van der Waals surface area contributed by atoms with E-state index < -0.39 is 0 Å². The van der Waals surface area contributed by atoms with Crippen LogP contribution in [0.15, 0.2) is 48.7 Å². The number of carbonyl (C=O) groups excluding carboxylic acids is 1. The van der Waals surface area contributed by atoms with Crippen LogP contribution in [0, 0.1) is 5.82 Å². The SMILES string of the molecule is CN(CCC(=O)c1ccc(F)cc1)Cc1ccccn1. The van der Waals surface area contributed by atoms with Crippen molar-refractivity contribution in [1.82, 2.24) is 9.88 Å². The van der Waals surface area contributed by atoms with Crippen molar-refractivity contribution < 1.29 is 9.18 Å². The van der Waals surface area contributed by atoms with Gasteiger partial charge in [0, 0.05) is 31.3 Å². The first kappa shape index (κ1) is 14.3. The van der Waals surface area contributed by atoms with Gasteiger partial charge < -0.3 is 4.90 Å². The molecule has 1 aromatic heterocycles. The number of nitrogens with zero attached hydrogens (tertiary/aromatic N) is 2. The summed E-state index contributed by atoms with van der Waals surface area (Å²) >= 11 is 0. The predicted octanol–water partition coefficient (Wildman–Crippen LogP) is 2.93. The van der Waals surface area contributed by atoms with Gasteiger partial charge in [0.25, 0.3) is 0 Å². The molecule has 0 bridgehead atoms. The Hall–Kier alpha value is -2.07. The monoisotopic (exact) mass is 272 g/mol. The van der Waals surface area contributed by atoms with Crippen LogP contribution >= 0.6 is 0 Å². The Labute approximate surface area is 118 Å². The Balaban J connectivity index is 1.82. The molecule has 0 aliphatic heterocycles. The van der Waals surface area contributed by atoms with Crippen molar-refractivity contribution >= 4 is 5.78 Å². The first-order chi connectivity index (χ1) is 9.65. The van der Waals surface area contributed by atoms with Gasteiger partial charge in [0.15, 0.2) is 5.78 Å². The van der Waals surface area contributed by atoms with Gasteiger partial charge >= 0.3 is 0 Å². The molecule has 1 heterocycles. The molecular weight excluding hydrogens is 255 g/mol. The zero-order chi connectivity index (χ0) is 14.4. The van der Waals surface area contributed by atoms with Gasteiger partial charge in [-0.05, 0) is 43.4 Å². The van der Waals surface area contributed by atoms with Crippen LogP contribution in [0.3, 0.4) is 0 Å². The third kappa shape index (κ3) is 4.24. The number of rotatable bonds is 6. The second-order valence-corrected chi connectivity index (χ2v) is 4.74. The number of carbonyl (C=O) groups is 1. The molecule has 0 amide bonds. The van der Waals surface area contributed by atoms with Crippen molar-refractivity contribution in [3.8, 4) is 0 Å². The Morgan fingerprint density at radius 1 is 1.20 bits per heavy atom. The maximum Gasteiger partial charge on any atom is 0.164 e. The smallest absolute Gasteiger partial charge is 0.164 e. The van der Waals surface area contributed by atoms with Crippen molar-refractivity contribution in [2.45, 2.75) is 13.0 Å². The molecular formula is C16H17FN2O. The third-order valence-corrected chi connectivity index (χ3v) is 3.04. The van der Waals surface area contributed by atoms with E-state index in [0.717, 1.165) is 5.69 Å². The fourth-order valence-corrected chi connectivity index (χ4v) is 1.92. The predicted molar refractivity (Wildman–Crippen MR) is 75.9 cm³/mol. The first-order valence-corrected chi connectivity index (χ1v) is 6.52. The van der Waals surface area contributed by atoms with Gasteiger partial charge in [-0.3, -0.25) is 9.78 Å². The van der Waals surface area contributed by atoms with Gasteiger partial charge in [0.1, 0.15) is 5.82 Å². The lowest BCUT2D eigenvalue weighted by Crippen LogP contribution is -2.22. The lowest BCUT2D eigenvalue weighted by atomic mass is 10.1. The highest BCUT2D eigenvalue weighted by Gasteiger charge is 2.08. The van der Waals surface area contributed by atoms with Crippen LogP contribution in [0.25, 0.3) is 0 Å². The van der Waals surface area contributed by atoms with E-state index in [0.29, 0.717) is 25.1 Å². The second-order valence-electron chi connectivity index (χ2n) is 4.74. The molecule has 3 nitrogen and oxygen atoms in total. The van der Waals surface area contributed by atoms with E-state index in [1.54, 1.807) is 6.20 Å². The average molecular weight is 272 g/mol. The Kier molecular flexibility index (Phi) is 4.96. The summed E-state index contributed by atoms with van der Waals surface area (Å²) in [5.41, 5.74) is 1.53. The zero-order valence-corrected chi connectivity index (χ0v) is 11.4. The highest BCUT2D eigenvalue weighted by atomic mass is 19.1. The number of halogens is 1. The molecule has 0 fully saturated rings. The van der Waals surface area contributed by atoms with E-state index in [1.165, 1.54) is 24.3 Å². The van der Waals surface area contributed by atoms with Crippen molar-refractivity contribution in [2.24, 2.45) is 0 Å². The lowest BCUT2D eigenvalue weighted by molar-refractivity contribution is 0.0967. The van der Waals surface area contributed by atoms with E-state index >= 15 is 0 Å². The number of Topliss-reactive ketones (excluding diaryl/α,β-unsaturated/α-hetero) is 1. The van der Waals surface area contributed by atoms with Gasteiger partial charge in [-0.25, -0.2) is 4.39 Å². The third-order valence-electron chi connectivity index (χ3n) is 3.04. The van der Waals surface area contributed by atoms with Crippen molar-refractivity contribution in [3.05, 3.63) is 65.7 Å². The molecule has 1 aromatic carbocycles. The number of benzene rings is 1. The summed E-state index contributed by atoms with van der Waals surface area (Å²) in [7, 11) is 1.95. The number of pyridine rings is 1. The highest BCUT2D eigenvalue weighted by Crippen LogP contribution is 2.07. The maximum absolute atomic E-state index is 12.8. The standard InChI is InChI=1S/C16H17FN2O/c1-19(12-15-4-2-3-10-18-15)11-9-16(20)13-5-7-14(17)8-6-13/h2-8,10H,9,11-12H2,1H3. The van der Waals surface area contributed by atoms with Crippen molar-refractivity contribution in [1.29, 1.82) is 0 Å². The number of ketones is 1. The zero-order valence-electron chi connectivity index (χ0n) is 11.4. The first-order valence-electron chi connectivity index (χ1n) is 6.52. The average Bonchev–Trinajstić information content (AvgIpc) is 2.46. The Morgan fingerprint density at radius 3 is 2.60 bits per heavy atom. The van der Waals surface area contributed by atoms with Gasteiger partial charge in [0.2, 0.25) is 0 Å². The minimum atomic E-state index is -0.325. The number of hydrogen-bond acceptors (Lipinski definition) is 3. The summed E-state index contributed by atoms with van der Waals surface area (Å²) in [4.78, 5) is 18.2. The van der Waals surface area contributed by atoms with Crippen molar-refractivity contribution in [2.75, 3.05) is 13.6 Å². The number of aromatic nitrogens is 1. The Bertz CT molecular complexity index is 554. The molecule has 0 aliphatic carbocycles. The molecule has 0 N–H and O–H groups in total. The molecule has 0 saturated heterocycles. The summed E-state index contributed by atoms with van der Waals surface area (Å²) in [6, 6.07) is 11.4. The quantitative estimate of drug-likeness (QED) is 0.758. The largest absolute Gasteiger partial charge is 0.300 e. The molecule has 0 unspecified atom stereocenters. The van der Waals surface area contributed by atoms with Crippen LogP contribution in [0.2, 0.25) is 0 Å². The maximum atomic E-state index is 12.8. The molecule has 2 aromatic rings. The second kappa shape index (κ2) is 6.91. The summed E-state index contributed by atoms with van der Waals surface area (Å²) in [6.07, 6.45) is 2.17. The van der Waals surface area contributed by atoms with Gasteiger partial charge in [-0.15, -0.1) is 0 Å². The van der Waals surface area contributed by atoms with E-state index in [9.17, 15) is 9.18 Å². The van der Waals surface area contributed by atoms with Gasteiger partial charge in [-0.2, -0.15) is 0 Å². The van der Waals surface area contributed by atoms with Crippen LogP contribution in [0.5, 0.6) is 0 Å². The van der Waals surface area contributed by atoms with Gasteiger partial charge in [0.05, 0.1) is 5.69 Å². The molecule has 2 rings (SSSR count). The molecule has 0 radical (unpaired) electrons. The normalized spacial score (nSPS) is 10.8. The minimum Gasteiger partial charge on any atom is -0.300 e. The van der Waals surface area contributed by atoms with E-state index in [-0.39, 0.29) is 11.6 Å². The summed E-state index contributed by atoms with van der Waals surface area (Å²) < 4.78 is 12.8. The summed E-state index contributed by atoms with van der Waals surface area (Å²) in [5.74, 6) is -0.299. The van der Waals surface area contributed by atoms with E-state index in [1.807, 2.05) is 30.1 Å². The molecule has 20 heavy (non-hydrogen) atoms. The molecule has 0 atom stereocenters. The van der Waals surface area contributed by atoms with E-state index in [2.05, 4.69) is 4.98 Å². The topological polar surface area (TPSA) is 33.2 Å². The number of hydrogen-bond donors (Lipinski definition) is 0. The molecule has 0 saturated carbocycles. The van der Waals surface area contributed by atoms with Crippen LogP contribution in [0.4, 0.5) is 4.39 Å². The molecule has 0 aliphatic rings. The van der Waals surface area contributed by atoms with Crippen LogP contribution in [-0.2, 0) is 6.54 Å². The fourth-order valence-electron chi connectivity index (χ4n) is 1.92. The van der Waals surface area contributed by atoms with Crippen LogP contribution < -0.4 is 0 Å². The van der Waals surface area contributed by atoms with Gasteiger partial charge in [-0.1, -0.05) is 6.07 Å². The van der Waals surface area contributed by atoms with Crippen molar-refractivity contribution in [3.63, 3.8) is 0 Å². The lowest BCUT2D eigenvalue weighted by Gasteiger charge is -2.15. The molecule has 4 heteroatoms. The fraction of sp³-hybridized carbons (Fsp3) is 0.250.